The quantitative estimate of drug-likeness (QED) is 0.183. The number of hydrogen-bond acceptors (Lipinski definition) is 4. The smallest absolute Gasteiger partial charge is 0.136 e. The monoisotopic (exact) mass is 735 g/mol. The van der Waals surface area contributed by atoms with Gasteiger partial charge >= 0.3 is 0 Å². The third-order valence-electron chi connectivity index (χ3n) is 7.35. The fourth-order valence-corrected chi connectivity index (χ4v) is 4.83. The van der Waals surface area contributed by atoms with Crippen molar-refractivity contribution in [2.24, 2.45) is 0 Å². The predicted octanol–water partition coefficient (Wildman–Crippen LogP) is 9.69. The van der Waals surface area contributed by atoms with Crippen molar-refractivity contribution in [3.63, 3.8) is 0 Å². The zero-order chi connectivity index (χ0) is 29.4. The number of nitrogens with zero attached hydrogens (tertiary/aromatic N) is 3. The van der Waals surface area contributed by atoms with Crippen molar-refractivity contribution in [2.75, 3.05) is 4.90 Å². The number of hydrogen-bond donors (Lipinski definition) is 1. The third kappa shape index (κ3) is 6.66. The number of phenolic OH excluding ortho intramolecular Hbond substituents is 1. The zero-order valence-corrected chi connectivity index (χ0v) is 27.6. The summed E-state index contributed by atoms with van der Waals surface area (Å²) >= 11 is 0. The van der Waals surface area contributed by atoms with E-state index in [0.717, 1.165) is 45.3 Å². The summed E-state index contributed by atoms with van der Waals surface area (Å²) in [5.41, 5.74) is 8.24. The van der Waals surface area contributed by atoms with Gasteiger partial charge in [0.2, 0.25) is 0 Å². The molecule has 4 nitrogen and oxygen atoms in total. The molecular weight excluding hydrogens is 698 g/mol. The van der Waals surface area contributed by atoms with Gasteiger partial charge in [0, 0.05) is 32.9 Å². The number of pyridine rings is 2. The van der Waals surface area contributed by atoms with Crippen molar-refractivity contribution in [1.82, 2.24) is 9.97 Å². The number of anilines is 3. The summed E-state index contributed by atoms with van der Waals surface area (Å²) in [5.74, 6) is 1.04. The van der Waals surface area contributed by atoms with Crippen LogP contribution in [0.25, 0.3) is 22.5 Å². The normalized spacial score (nSPS) is 11.6. The maximum atomic E-state index is 10.9. The molecule has 0 aliphatic rings. The molecule has 0 unspecified atom stereocenters. The van der Waals surface area contributed by atoms with E-state index in [1.54, 1.807) is 6.20 Å². The fourth-order valence-electron chi connectivity index (χ4n) is 4.83. The summed E-state index contributed by atoms with van der Waals surface area (Å²) in [7, 11) is 0. The van der Waals surface area contributed by atoms with E-state index in [9.17, 15) is 5.11 Å². The van der Waals surface area contributed by atoms with Crippen molar-refractivity contribution >= 4 is 17.2 Å². The second-order valence-corrected chi connectivity index (χ2v) is 12.6. The minimum absolute atomic E-state index is 0. The second kappa shape index (κ2) is 12.2. The van der Waals surface area contributed by atoms with E-state index in [-0.39, 0.29) is 37.6 Å². The first-order valence-corrected chi connectivity index (χ1v) is 14.1. The molecule has 2 aromatic heterocycles. The third-order valence-corrected chi connectivity index (χ3v) is 7.35. The van der Waals surface area contributed by atoms with E-state index in [1.807, 2.05) is 79.7 Å². The van der Waals surface area contributed by atoms with Crippen LogP contribution in [0.1, 0.15) is 58.2 Å². The molecule has 2 heterocycles. The zero-order valence-electron chi connectivity index (χ0n) is 25.3. The standard InChI is InChI=1S/C37H38N3O.Pt/c1-25-13-10-16-31(35(25)41)26-14-11-15-29(21-26)40(34-19-12-18-33(39-34)32-17-8-9-20-38-32)30-23-27(36(2,3)4)22-28(24-30)37(5,6)7;/h8-20,22-24,41H,1-7H3;/q-1;. The van der Waals surface area contributed by atoms with Gasteiger partial charge < -0.3 is 10.0 Å². The summed E-state index contributed by atoms with van der Waals surface area (Å²) in [6, 6.07) is 34.2. The van der Waals surface area contributed by atoms with E-state index in [2.05, 4.69) is 75.7 Å². The predicted molar refractivity (Wildman–Crippen MR) is 170 cm³/mol. The maximum absolute atomic E-state index is 10.9. The van der Waals surface area contributed by atoms with Crippen molar-refractivity contribution in [3.8, 4) is 28.3 Å². The fraction of sp³-hybridized carbons (Fsp3) is 0.243. The molecule has 0 fully saturated rings. The molecule has 5 rings (SSSR count). The number of aromatic nitrogens is 2. The van der Waals surface area contributed by atoms with E-state index < -0.39 is 0 Å². The van der Waals surface area contributed by atoms with Gasteiger partial charge in [-0.2, -0.15) is 0 Å². The summed E-state index contributed by atoms with van der Waals surface area (Å²) in [5, 5.41) is 10.9. The van der Waals surface area contributed by atoms with Gasteiger partial charge in [0.1, 0.15) is 5.82 Å². The second-order valence-electron chi connectivity index (χ2n) is 12.6. The molecular formula is C37H38N3OPt-. The molecule has 218 valence electrons. The van der Waals surface area contributed by atoms with Crippen LogP contribution in [0.4, 0.5) is 17.2 Å². The van der Waals surface area contributed by atoms with Crippen molar-refractivity contribution in [1.29, 1.82) is 0 Å². The Morgan fingerprint density at radius 3 is 2.00 bits per heavy atom. The summed E-state index contributed by atoms with van der Waals surface area (Å²) in [4.78, 5) is 11.8. The number of phenols is 1. The van der Waals surface area contributed by atoms with Crippen LogP contribution < -0.4 is 4.90 Å². The van der Waals surface area contributed by atoms with Crippen LogP contribution in [0.5, 0.6) is 5.75 Å². The van der Waals surface area contributed by atoms with Gasteiger partial charge in [-0.15, -0.1) is 29.8 Å². The molecule has 1 N–H and O–H groups in total. The van der Waals surface area contributed by atoms with Crippen LogP contribution in [0.3, 0.4) is 0 Å². The van der Waals surface area contributed by atoms with Crippen LogP contribution in [-0.2, 0) is 31.9 Å². The first kappa shape index (κ1) is 31.2. The molecule has 0 amide bonds. The Morgan fingerprint density at radius 1 is 0.714 bits per heavy atom. The topological polar surface area (TPSA) is 49.2 Å². The SMILES string of the molecule is Cc1cccc(-c2[c-]c(N(c3cc(C(C)(C)C)cc(C(C)(C)C)c3)c3cccc(-c4ccccn4)n3)ccc2)c1O.[Pt]. The van der Waals surface area contributed by atoms with Gasteiger partial charge in [-0.3, -0.25) is 4.98 Å². The molecule has 0 spiro atoms. The van der Waals surface area contributed by atoms with Gasteiger partial charge in [0.25, 0.3) is 0 Å². The number of para-hydroxylation sites is 1. The Bertz CT molecular complexity index is 1650. The summed E-state index contributed by atoms with van der Waals surface area (Å²) in [6.45, 7) is 15.4. The molecule has 42 heavy (non-hydrogen) atoms. The summed E-state index contributed by atoms with van der Waals surface area (Å²) in [6.07, 6.45) is 1.79. The Morgan fingerprint density at radius 2 is 1.36 bits per heavy atom. The number of benzene rings is 3. The van der Waals surface area contributed by atoms with E-state index >= 15 is 0 Å². The van der Waals surface area contributed by atoms with Gasteiger partial charge in [0.05, 0.1) is 17.1 Å². The van der Waals surface area contributed by atoms with Gasteiger partial charge in [-0.25, -0.2) is 4.98 Å². The molecule has 0 radical (unpaired) electrons. The van der Waals surface area contributed by atoms with Gasteiger partial charge in [-0.05, 0) is 76.5 Å². The molecule has 0 saturated heterocycles. The molecule has 5 heteroatoms. The van der Waals surface area contributed by atoms with Crippen LogP contribution in [0, 0.1) is 13.0 Å². The van der Waals surface area contributed by atoms with Crippen LogP contribution in [0.15, 0.2) is 97.2 Å². The van der Waals surface area contributed by atoms with Crippen molar-refractivity contribution in [2.45, 2.75) is 59.3 Å². The Kier molecular flexibility index (Phi) is 9.09. The molecule has 0 aliphatic carbocycles. The molecule has 0 saturated carbocycles. The van der Waals surface area contributed by atoms with Crippen LogP contribution >= 0.6 is 0 Å². The average molecular weight is 736 g/mol. The first-order valence-electron chi connectivity index (χ1n) is 14.1. The summed E-state index contributed by atoms with van der Waals surface area (Å²) < 4.78 is 0. The van der Waals surface area contributed by atoms with Crippen LogP contribution in [0.2, 0.25) is 0 Å². The molecule has 0 atom stereocenters. The minimum Gasteiger partial charge on any atom is -0.517 e. The maximum Gasteiger partial charge on any atom is 0.136 e. The molecule has 5 aromatic rings. The van der Waals surface area contributed by atoms with Crippen molar-refractivity contribution in [3.05, 3.63) is 120 Å². The number of aromatic hydroxyl groups is 1. The minimum atomic E-state index is -0.0518. The molecule has 0 aliphatic heterocycles. The first-order chi connectivity index (χ1) is 19.4. The van der Waals surface area contributed by atoms with Crippen LogP contribution in [-0.4, -0.2) is 15.1 Å². The Balaban J connectivity index is 0.00000405. The largest absolute Gasteiger partial charge is 0.517 e. The van der Waals surface area contributed by atoms with E-state index in [0.29, 0.717) is 0 Å². The number of aryl methyl sites for hydroxylation is 1. The van der Waals surface area contributed by atoms with Gasteiger partial charge in [-0.1, -0.05) is 83.5 Å². The molecule has 0 bridgehead atoms. The van der Waals surface area contributed by atoms with Crippen molar-refractivity contribution < 1.29 is 26.2 Å². The Labute approximate surface area is 264 Å². The van der Waals surface area contributed by atoms with Gasteiger partial charge in [0.15, 0.2) is 0 Å². The molecule has 3 aromatic carbocycles. The Hall–Kier alpha value is -3.75. The van der Waals surface area contributed by atoms with E-state index in [1.165, 1.54) is 11.1 Å². The average Bonchev–Trinajstić information content (AvgIpc) is 2.94. The number of rotatable bonds is 5. The van der Waals surface area contributed by atoms with E-state index in [4.69, 9.17) is 4.98 Å².